The molecule has 2 aromatic carbocycles. The van der Waals surface area contributed by atoms with Gasteiger partial charge in [0.25, 0.3) is 11.6 Å². The van der Waals surface area contributed by atoms with Crippen LogP contribution in [0.1, 0.15) is 35.3 Å². The highest BCUT2D eigenvalue weighted by molar-refractivity contribution is 5.95. The van der Waals surface area contributed by atoms with Crippen molar-refractivity contribution in [2.75, 3.05) is 19.0 Å². The maximum atomic E-state index is 12.5. The molecule has 0 fully saturated rings. The van der Waals surface area contributed by atoms with E-state index < -0.39 is 4.92 Å². The lowest BCUT2D eigenvalue weighted by molar-refractivity contribution is -0.384. The van der Waals surface area contributed by atoms with Gasteiger partial charge >= 0.3 is 0 Å². The fourth-order valence-corrected chi connectivity index (χ4v) is 2.59. The molecule has 0 unspecified atom stereocenters. The molecule has 0 aliphatic carbocycles. The van der Waals surface area contributed by atoms with Crippen molar-refractivity contribution in [3.05, 3.63) is 69.3 Å². The van der Waals surface area contributed by atoms with E-state index in [1.807, 2.05) is 38.1 Å². The normalized spacial score (nSPS) is 10.7. The van der Waals surface area contributed by atoms with Crippen molar-refractivity contribution in [2.24, 2.45) is 0 Å². The first-order chi connectivity index (χ1) is 12.8. The van der Waals surface area contributed by atoms with E-state index in [-0.39, 0.29) is 23.3 Å². The highest BCUT2D eigenvalue weighted by atomic mass is 16.6. The SMILES string of the molecule is CC(C)OCc1ccccc1CNC(=O)c1ccc(N(C)C)c([N+](=O)[O-])c1. The topological polar surface area (TPSA) is 84.7 Å². The number of hydrogen-bond donors (Lipinski definition) is 1. The second kappa shape index (κ2) is 9.14. The van der Waals surface area contributed by atoms with E-state index in [0.717, 1.165) is 11.1 Å². The first-order valence-electron chi connectivity index (χ1n) is 8.72. The van der Waals surface area contributed by atoms with Crippen LogP contribution in [-0.2, 0) is 17.9 Å². The average Bonchev–Trinajstić information content (AvgIpc) is 2.64. The van der Waals surface area contributed by atoms with Crippen LogP contribution in [0, 0.1) is 10.1 Å². The van der Waals surface area contributed by atoms with E-state index in [1.165, 1.54) is 6.07 Å². The van der Waals surface area contributed by atoms with Gasteiger partial charge in [-0.2, -0.15) is 0 Å². The van der Waals surface area contributed by atoms with E-state index in [0.29, 0.717) is 18.8 Å². The van der Waals surface area contributed by atoms with Gasteiger partial charge in [0.2, 0.25) is 0 Å². The summed E-state index contributed by atoms with van der Waals surface area (Å²) in [4.78, 5) is 24.9. The zero-order valence-corrected chi connectivity index (χ0v) is 16.1. The molecule has 0 heterocycles. The molecule has 0 radical (unpaired) electrons. The van der Waals surface area contributed by atoms with Gasteiger partial charge in [-0.05, 0) is 37.1 Å². The van der Waals surface area contributed by atoms with Gasteiger partial charge in [0.15, 0.2) is 0 Å². The molecule has 0 saturated carbocycles. The molecule has 1 N–H and O–H groups in total. The molecule has 0 bridgehead atoms. The van der Waals surface area contributed by atoms with Crippen molar-refractivity contribution in [2.45, 2.75) is 33.1 Å². The van der Waals surface area contributed by atoms with Crippen LogP contribution in [0.25, 0.3) is 0 Å². The molecule has 2 rings (SSSR count). The fraction of sp³-hybridized carbons (Fsp3) is 0.350. The van der Waals surface area contributed by atoms with E-state index in [1.54, 1.807) is 31.1 Å². The number of nitro groups is 1. The Morgan fingerprint density at radius 3 is 2.44 bits per heavy atom. The highest BCUT2D eigenvalue weighted by Gasteiger charge is 2.19. The van der Waals surface area contributed by atoms with Gasteiger partial charge in [0.05, 0.1) is 17.6 Å². The number of carbonyl (C=O) groups excluding carboxylic acids is 1. The molecule has 0 aliphatic rings. The van der Waals surface area contributed by atoms with E-state index in [9.17, 15) is 14.9 Å². The Morgan fingerprint density at radius 2 is 1.85 bits per heavy atom. The Bertz CT molecular complexity index is 819. The minimum Gasteiger partial charge on any atom is -0.374 e. The third-order valence-electron chi connectivity index (χ3n) is 4.05. The average molecular weight is 371 g/mol. The van der Waals surface area contributed by atoms with Crippen LogP contribution in [0.3, 0.4) is 0 Å². The third-order valence-corrected chi connectivity index (χ3v) is 4.05. The number of anilines is 1. The third kappa shape index (κ3) is 5.52. The summed E-state index contributed by atoms with van der Waals surface area (Å²) < 4.78 is 5.65. The minimum absolute atomic E-state index is 0.0987. The largest absolute Gasteiger partial charge is 0.374 e. The van der Waals surface area contributed by atoms with Gasteiger partial charge in [-0.25, -0.2) is 0 Å². The molecule has 0 saturated heterocycles. The molecule has 7 heteroatoms. The van der Waals surface area contributed by atoms with E-state index in [4.69, 9.17) is 4.74 Å². The molecular formula is C20H25N3O4. The minimum atomic E-state index is -0.481. The summed E-state index contributed by atoms with van der Waals surface area (Å²) in [5.74, 6) is -0.358. The van der Waals surface area contributed by atoms with E-state index in [2.05, 4.69) is 5.32 Å². The van der Waals surface area contributed by atoms with Crippen LogP contribution >= 0.6 is 0 Å². The first kappa shape index (κ1) is 20.4. The van der Waals surface area contributed by atoms with Gasteiger partial charge in [-0.3, -0.25) is 14.9 Å². The number of nitrogens with one attached hydrogen (secondary N) is 1. The quantitative estimate of drug-likeness (QED) is 0.567. The zero-order chi connectivity index (χ0) is 20.0. The zero-order valence-electron chi connectivity index (χ0n) is 16.1. The molecule has 0 atom stereocenters. The second-order valence-corrected chi connectivity index (χ2v) is 6.67. The maximum Gasteiger partial charge on any atom is 0.293 e. The van der Waals surface area contributed by atoms with Gasteiger partial charge in [-0.1, -0.05) is 24.3 Å². The lowest BCUT2D eigenvalue weighted by Crippen LogP contribution is -2.24. The molecule has 0 aliphatic heterocycles. The standard InChI is InChI=1S/C20H25N3O4/c1-14(2)27-13-17-8-6-5-7-16(17)12-21-20(24)15-9-10-18(22(3)4)19(11-15)23(25)26/h5-11,14H,12-13H2,1-4H3,(H,21,24). The van der Waals surface area contributed by atoms with Gasteiger partial charge in [-0.15, -0.1) is 0 Å². The number of benzene rings is 2. The summed E-state index contributed by atoms with van der Waals surface area (Å²) in [6.45, 7) is 4.72. The monoisotopic (exact) mass is 371 g/mol. The van der Waals surface area contributed by atoms with Crippen molar-refractivity contribution < 1.29 is 14.5 Å². The van der Waals surface area contributed by atoms with Crippen LogP contribution < -0.4 is 10.2 Å². The van der Waals surface area contributed by atoms with E-state index >= 15 is 0 Å². The van der Waals surface area contributed by atoms with Crippen molar-refractivity contribution in [1.29, 1.82) is 0 Å². The van der Waals surface area contributed by atoms with Crippen molar-refractivity contribution in [1.82, 2.24) is 5.32 Å². The number of rotatable bonds is 8. The van der Waals surface area contributed by atoms with Gasteiger partial charge in [0, 0.05) is 32.3 Å². The molecule has 1 amide bonds. The Kier molecular flexibility index (Phi) is 6.90. The number of nitrogens with zero attached hydrogens (tertiary/aromatic N) is 2. The predicted molar refractivity (Wildman–Crippen MR) is 105 cm³/mol. The van der Waals surface area contributed by atoms with Crippen LogP contribution in [0.2, 0.25) is 0 Å². The summed E-state index contributed by atoms with van der Waals surface area (Å²) in [7, 11) is 3.44. The first-order valence-corrected chi connectivity index (χ1v) is 8.72. The predicted octanol–water partition coefficient (Wildman–Crippen LogP) is 3.52. The molecule has 144 valence electrons. The van der Waals surface area contributed by atoms with Crippen LogP contribution in [0.15, 0.2) is 42.5 Å². The number of carbonyl (C=O) groups is 1. The fourth-order valence-electron chi connectivity index (χ4n) is 2.59. The second-order valence-electron chi connectivity index (χ2n) is 6.67. The Balaban J connectivity index is 2.13. The van der Waals surface area contributed by atoms with Gasteiger partial charge < -0.3 is 15.0 Å². The Hall–Kier alpha value is -2.93. The molecule has 7 nitrogen and oxygen atoms in total. The molecule has 27 heavy (non-hydrogen) atoms. The van der Waals surface area contributed by atoms with Crippen LogP contribution in [-0.4, -0.2) is 31.0 Å². The number of amides is 1. The molecular weight excluding hydrogens is 346 g/mol. The molecule has 0 spiro atoms. The highest BCUT2D eigenvalue weighted by Crippen LogP contribution is 2.27. The van der Waals surface area contributed by atoms with Crippen LogP contribution in [0.5, 0.6) is 0 Å². The van der Waals surface area contributed by atoms with Crippen molar-refractivity contribution >= 4 is 17.3 Å². The lowest BCUT2D eigenvalue weighted by atomic mass is 10.1. The maximum absolute atomic E-state index is 12.5. The van der Waals surface area contributed by atoms with Gasteiger partial charge in [0.1, 0.15) is 5.69 Å². The molecule has 0 aromatic heterocycles. The van der Waals surface area contributed by atoms with Crippen molar-refractivity contribution in [3.8, 4) is 0 Å². The smallest absolute Gasteiger partial charge is 0.293 e. The number of hydrogen-bond acceptors (Lipinski definition) is 5. The summed E-state index contributed by atoms with van der Waals surface area (Å²) in [5, 5.41) is 14.1. The Labute approximate surface area is 159 Å². The number of nitro benzene ring substituents is 1. The summed E-state index contributed by atoms with van der Waals surface area (Å²) >= 11 is 0. The number of ether oxygens (including phenoxy) is 1. The summed E-state index contributed by atoms with van der Waals surface area (Å²) in [5.41, 5.74) is 2.56. The lowest BCUT2D eigenvalue weighted by Gasteiger charge is -2.14. The molecule has 2 aromatic rings. The Morgan fingerprint density at radius 1 is 1.19 bits per heavy atom. The van der Waals surface area contributed by atoms with Crippen molar-refractivity contribution in [3.63, 3.8) is 0 Å². The summed E-state index contributed by atoms with van der Waals surface area (Å²) in [6.07, 6.45) is 0.114. The van der Waals surface area contributed by atoms with Crippen LogP contribution in [0.4, 0.5) is 11.4 Å². The summed E-state index contributed by atoms with van der Waals surface area (Å²) in [6, 6.07) is 12.2.